The molecule has 0 radical (unpaired) electrons. The number of ether oxygens (including phenoxy) is 1. The molecule has 1 aromatic rings. The van der Waals surface area contributed by atoms with E-state index >= 15 is 0 Å². The van der Waals surface area contributed by atoms with Crippen LogP contribution in [0.2, 0.25) is 0 Å². The summed E-state index contributed by atoms with van der Waals surface area (Å²) in [4.78, 5) is 11.2. The Balaban J connectivity index is 2.18. The van der Waals surface area contributed by atoms with Gasteiger partial charge in [0.25, 0.3) is 0 Å². The number of hydrogen-bond donors (Lipinski definition) is 2. The number of nitrogens with one attached hydrogen (secondary N) is 1. The van der Waals surface area contributed by atoms with Gasteiger partial charge in [-0.05, 0) is 12.0 Å². The highest BCUT2D eigenvalue weighted by Crippen LogP contribution is 2.32. The van der Waals surface area contributed by atoms with Gasteiger partial charge in [0.15, 0.2) is 0 Å². The Kier molecular flexibility index (Phi) is 3.87. The van der Waals surface area contributed by atoms with Gasteiger partial charge in [-0.2, -0.15) is 0 Å². The van der Waals surface area contributed by atoms with Crippen molar-refractivity contribution in [2.75, 3.05) is 6.61 Å². The van der Waals surface area contributed by atoms with Crippen molar-refractivity contribution in [3.63, 3.8) is 0 Å². The van der Waals surface area contributed by atoms with Crippen LogP contribution in [0.25, 0.3) is 0 Å². The minimum absolute atomic E-state index is 0.0532. The number of benzene rings is 1. The van der Waals surface area contributed by atoms with Gasteiger partial charge in [0.1, 0.15) is 11.8 Å². The molecular weight excluding hydrogens is 230 g/mol. The summed E-state index contributed by atoms with van der Waals surface area (Å²) < 4.78 is 5.57. The first-order valence-electron chi connectivity index (χ1n) is 6.30. The Morgan fingerprint density at radius 1 is 1.44 bits per heavy atom. The van der Waals surface area contributed by atoms with E-state index < -0.39 is 12.0 Å². The van der Waals surface area contributed by atoms with Crippen molar-refractivity contribution >= 4 is 5.97 Å². The van der Waals surface area contributed by atoms with E-state index in [1.165, 1.54) is 0 Å². The van der Waals surface area contributed by atoms with Crippen LogP contribution in [-0.2, 0) is 4.79 Å². The van der Waals surface area contributed by atoms with Crippen LogP contribution in [0.5, 0.6) is 5.75 Å². The van der Waals surface area contributed by atoms with E-state index in [2.05, 4.69) is 5.32 Å². The lowest BCUT2D eigenvalue weighted by molar-refractivity contribution is -0.141. The zero-order valence-corrected chi connectivity index (χ0v) is 10.7. The lowest BCUT2D eigenvalue weighted by Crippen LogP contribution is -2.44. The third-order valence-corrected chi connectivity index (χ3v) is 3.27. The van der Waals surface area contributed by atoms with Crippen LogP contribution in [0.1, 0.15) is 31.9 Å². The molecule has 0 saturated heterocycles. The van der Waals surface area contributed by atoms with E-state index in [9.17, 15) is 9.90 Å². The summed E-state index contributed by atoms with van der Waals surface area (Å²) in [7, 11) is 0. The lowest BCUT2D eigenvalue weighted by Gasteiger charge is -2.30. The van der Waals surface area contributed by atoms with Gasteiger partial charge in [0.05, 0.1) is 6.61 Å². The molecule has 0 aromatic heterocycles. The minimum atomic E-state index is -0.797. The van der Waals surface area contributed by atoms with Crippen LogP contribution in [0.4, 0.5) is 0 Å². The van der Waals surface area contributed by atoms with Gasteiger partial charge >= 0.3 is 5.97 Å². The molecule has 0 aliphatic carbocycles. The highest BCUT2D eigenvalue weighted by Gasteiger charge is 2.28. The Morgan fingerprint density at radius 2 is 2.17 bits per heavy atom. The summed E-state index contributed by atoms with van der Waals surface area (Å²) >= 11 is 0. The molecule has 0 bridgehead atoms. The number of carboxylic acids is 1. The van der Waals surface area contributed by atoms with Gasteiger partial charge in [0, 0.05) is 18.0 Å². The topological polar surface area (TPSA) is 58.6 Å². The van der Waals surface area contributed by atoms with Crippen LogP contribution in [-0.4, -0.2) is 23.7 Å². The van der Waals surface area contributed by atoms with Crippen molar-refractivity contribution < 1.29 is 14.6 Å². The van der Waals surface area contributed by atoms with E-state index in [0.717, 1.165) is 17.7 Å². The summed E-state index contributed by atoms with van der Waals surface area (Å²) in [6.07, 6.45) is 0.799. The molecule has 0 saturated carbocycles. The van der Waals surface area contributed by atoms with Crippen molar-refractivity contribution in [3.8, 4) is 5.75 Å². The van der Waals surface area contributed by atoms with Crippen LogP contribution in [0.3, 0.4) is 0 Å². The van der Waals surface area contributed by atoms with E-state index in [1.807, 2.05) is 38.1 Å². The fourth-order valence-electron chi connectivity index (χ4n) is 2.28. The Hall–Kier alpha value is -1.55. The van der Waals surface area contributed by atoms with E-state index in [4.69, 9.17) is 4.74 Å². The lowest BCUT2D eigenvalue weighted by atomic mass is 9.97. The first kappa shape index (κ1) is 12.9. The maximum absolute atomic E-state index is 11.2. The molecule has 1 aromatic carbocycles. The smallest absolute Gasteiger partial charge is 0.320 e. The first-order valence-corrected chi connectivity index (χ1v) is 6.30. The fraction of sp³-hybridized carbons (Fsp3) is 0.500. The minimum Gasteiger partial charge on any atom is -0.493 e. The molecule has 4 heteroatoms. The number of fused-ring (bicyclic) bond motifs is 1. The Morgan fingerprint density at radius 3 is 2.83 bits per heavy atom. The van der Waals surface area contributed by atoms with E-state index in [0.29, 0.717) is 6.61 Å². The molecule has 1 aliphatic heterocycles. The number of hydrogen-bond acceptors (Lipinski definition) is 3. The maximum Gasteiger partial charge on any atom is 0.320 e. The molecule has 2 unspecified atom stereocenters. The van der Waals surface area contributed by atoms with E-state index in [-0.39, 0.29) is 12.0 Å². The average Bonchev–Trinajstić information content (AvgIpc) is 2.35. The number of carboxylic acid groups (broad SMARTS) is 1. The van der Waals surface area contributed by atoms with Gasteiger partial charge in [-0.25, -0.2) is 0 Å². The first-order chi connectivity index (χ1) is 8.59. The molecule has 2 N–H and O–H groups in total. The van der Waals surface area contributed by atoms with Crippen molar-refractivity contribution in [3.05, 3.63) is 29.8 Å². The summed E-state index contributed by atoms with van der Waals surface area (Å²) in [6, 6.07) is 7.32. The standard InChI is InChI=1S/C14H19NO3/c1-9(2)13(14(16)17)15-11-7-8-18-12-6-4-3-5-10(11)12/h3-6,9,11,13,15H,7-8H2,1-2H3,(H,16,17). The molecule has 2 rings (SSSR count). The number of carbonyl (C=O) groups is 1. The van der Waals surface area contributed by atoms with Crippen molar-refractivity contribution in [2.24, 2.45) is 5.92 Å². The second-order valence-electron chi connectivity index (χ2n) is 4.95. The van der Waals surface area contributed by atoms with Gasteiger partial charge in [-0.15, -0.1) is 0 Å². The van der Waals surface area contributed by atoms with Crippen molar-refractivity contribution in [1.82, 2.24) is 5.32 Å². The second kappa shape index (κ2) is 5.40. The van der Waals surface area contributed by atoms with Crippen LogP contribution < -0.4 is 10.1 Å². The quantitative estimate of drug-likeness (QED) is 0.859. The van der Waals surface area contributed by atoms with Crippen LogP contribution in [0, 0.1) is 5.92 Å². The van der Waals surface area contributed by atoms with Crippen LogP contribution >= 0.6 is 0 Å². The van der Waals surface area contributed by atoms with Gasteiger partial charge in [0.2, 0.25) is 0 Å². The van der Waals surface area contributed by atoms with Gasteiger partial charge in [-0.1, -0.05) is 32.0 Å². The molecule has 1 heterocycles. The summed E-state index contributed by atoms with van der Waals surface area (Å²) in [5, 5.41) is 12.5. The molecule has 2 atom stereocenters. The zero-order valence-electron chi connectivity index (χ0n) is 10.7. The van der Waals surface area contributed by atoms with Gasteiger partial charge < -0.3 is 9.84 Å². The number of rotatable bonds is 4. The molecule has 98 valence electrons. The van der Waals surface area contributed by atoms with Crippen molar-refractivity contribution in [2.45, 2.75) is 32.4 Å². The molecule has 0 spiro atoms. The summed E-state index contributed by atoms with van der Waals surface area (Å²) in [5.74, 6) is 0.112. The summed E-state index contributed by atoms with van der Waals surface area (Å²) in [6.45, 7) is 4.45. The predicted molar refractivity (Wildman–Crippen MR) is 68.7 cm³/mol. The number of aliphatic carboxylic acids is 1. The van der Waals surface area contributed by atoms with Gasteiger partial charge in [-0.3, -0.25) is 10.1 Å². The third kappa shape index (κ3) is 2.64. The SMILES string of the molecule is CC(C)C(NC1CCOc2ccccc21)C(=O)O. The second-order valence-corrected chi connectivity index (χ2v) is 4.95. The predicted octanol–water partition coefficient (Wildman–Crippen LogP) is 2.21. The molecule has 1 aliphatic rings. The molecule has 0 amide bonds. The maximum atomic E-state index is 11.2. The van der Waals surface area contributed by atoms with Crippen LogP contribution in [0.15, 0.2) is 24.3 Å². The Labute approximate surface area is 107 Å². The fourth-order valence-corrected chi connectivity index (χ4v) is 2.28. The largest absolute Gasteiger partial charge is 0.493 e. The zero-order chi connectivity index (χ0) is 13.1. The molecule has 18 heavy (non-hydrogen) atoms. The molecule has 4 nitrogen and oxygen atoms in total. The highest BCUT2D eigenvalue weighted by molar-refractivity contribution is 5.73. The third-order valence-electron chi connectivity index (χ3n) is 3.27. The normalized spacial score (nSPS) is 20.1. The van der Waals surface area contributed by atoms with E-state index in [1.54, 1.807) is 0 Å². The Bertz CT molecular complexity index is 431. The molecular formula is C14H19NO3. The highest BCUT2D eigenvalue weighted by atomic mass is 16.5. The average molecular weight is 249 g/mol. The van der Waals surface area contributed by atoms with Crippen molar-refractivity contribution in [1.29, 1.82) is 0 Å². The monoisotopic (exact) mass is 249 g/mol. The number of para-hydroxylation sites is 1. The molecule has 0 fully saturated rings. The summed E-state index contributed by atoms with van der Waals surface area (Å²) in [5.41, 5.74) is 1.05.